The summed E-state index contributed by atoms with van der Waals surface area (Å²) in [6.45, 7) is 0. The lowest BCUT2D eigenvalue weighted by Gasteiger charge is -2.07. The maximum absolute atomic E-state index is 12.8. The Morgan fingerprint density at radius 3 is 2.24 bits per heavy atom. The van der Waals surface area contributed by atoms with Gasteiger partial charge in [0.1, 0.15) is 5.82 Å². The fourth-order valence-electron chi connectivity index (χ4n) is 1.53. The standard InChI is InChI=1S/C13H7Cl2FO/c14-12-6-5-10(13(15)11(12)7-17)8-1-3-9(16)4-2-8/h1-7H. The van der Waals surface area contributed by atoms with E-state index in [2.05, 4.69) is 0 Å². The molecule has 0 fully saturated rings. The highest BCUT2D eigenvalue weighted by Gasteiger charge is 2.11. The van der Waals surface area contributed by atoms with E-state index in [4.69, 9.17) is 23.2 Å². The first-order chi connectivity index (χ1) is 8.13. The van der Waals surface area contributed by atoms with Crippen LogP contribution in [0.5, 0.6) is 0 Å². The van der Waals surface area contributed by atoms with E-state index in [-0.39, 0.29) is 16.4 Å². The molecule has 0 saturated heterocycles. The van der Waals surface area contributed by atoms with E-state index in [0.29, 0.717) is 16.9 Å². The molecule has 0 aliphatic carbocycles. The number of hydrogen-bond acceptors (Lipinski definition) is 1. The maximum Gasteiger partial charge on any atom is 0.153 e. The Kier molecular flexibility index (Phi) is 3.46. The van der Waals surface area contributed by atoms with Gasteiger partial charge in [0, 0.05) is 5.56 Å². The molecule has 0 N–H and O–H groups in total. The van der Waals surface area contributed by atoms with Gasteiger partial charge in [0.15, 0.2) is 6.29 Å². The highest BCUT2D eigenvalue weighted by molar-refractivity contribution is 6.40. The van der Waals surface area contributed by atoms with Crippen LogP contribution in [0.15, 0.2) is 36.4 Å². The summed E-state index contributed by atoms with van der Waals surface area (Å²) in [6.07, 6.45) is 0.609. The van der Waals surface area contributed by atoms with Crippen molar-refractivity contribution in [2.24, 2.45) is 0 Å². The molecule has 0 saturated carbocycles. The minimum atomic E-state index is -0.325. The summed E-state index contributed by atoms with van der Waals surface area (Å²) in [7, 11) is 0. The molecule has 17 heavy (non-hydrogen) atoms. The second-order valence-corrected chi connectivity index (χ2v) is 4.23. The predicted molar refractivity (Wildman–Crippen MR) is 67.2 cm³/mol. The van der Waals surface area contributed by atoms with Crippen LogP contribution >= 0.6 is 23.2 Å². The van der Waals surface area contributed by atoms with Crippen molar-refractivity contribution in [2.45, 2.75) is 0 Å². The van der Waals surface area contributed by atoms with Gasteiger partial charge in [-0.05, 0) is 23.8 Å². The molecule has 2 aromatic rings. The quantitative estimate of drug-likeness (QED) is 0.727. The van der Waals surface area contributed by atoms with E-state index >= 15 is 0 Å². The number of carbonyl (C=O) groups excluding carboxylic acids is 1. The van der Waals surface area contributed by atoms with Crippen LogP contribution in [0.3, 0.4) is 0 Å². The molecule has 0 aliphatic rings. The Bertz CT molecular complexity index is 564. The van der Waals surface area contributed by atoms with Crippen molar-refractivity contribution in [1.82, 2.24) is 0 Å². The Morgan fingerprint density at radius 2 is 1.65 bits per heavy atom. The molecular weight excluding hydrogens is 262 g/mol. The van der Waals surface area contributed by atoms with Gasteiger partial charge in [-0.2, -0.15) is 0 Å². The van der Waals surface area contributed by atoms with E-state index in [1.807, 2.05) is 0 Å². The number of benzene rings is 2. The van der Waals surface area contributed by atoms with Crippen LogP contribution in [0.4, 0.5) is 4.39 Å². The molecule has 0 aliphatic heterocycles. The summed E-state index contributed by atoms with van der Waals surface area (Å²) in [5.74, 6) is -0.325. The summed E-state index contributed by atoms with van der Waals surface area (Å²) in [6, 6.07) is 9.15. The van der Waals surface area contributed by atoms with Gasteiger partial charge in [-0.1, -0.05) is 41.4 Å². The van der Waals surface area contributed by atoms with E-state index in [9.17, 15) is 9.18 Å². The molecule has 0 heterocycles. The molecule has 0 atom stereocenters. The van der Waals surface area contributed by atoms with Crippen LogP contribution in [-0.2, 0) is 0 Å². The maximum atomic E-state index is 12.8. The number of halogens is 3. The molecule has 2 rings (SSSR count). The molecule has 0 radical (unpaired) electrons. The first kappa shape index (κ1) is 12.1. The van der Waals surface area contributed by atoms with Gasteiger partial charge in [-0.3, -0.25) is 4.79 Å². The summed E-state index contributed by atoms with van der Waals surface area (Å²) in [5.41, 5.74) is 1.63. The summed E-state index contributed by atoms with van der Waals surface area (Å²) < 4.78 is 12.8. The molecule has 1 nitrogen and oxygen atoms in total. The van der Waals surface area contributed by atoms with Crippen LogP contribution in [0.2, 0.25) is 10.0 Å². The van der Waals surface area contributed by atoms with E-state index < -0.39 is 0 Å². The molecule has 86 valence electrons. The predicted octanol–water partition coefficient (Wildman–Crippen LogP) is 4.61. The van der Waals surface area contributed by atoms with Crippen molar-refractivity contribution < 1.29 is 9.18 Å². The summed E-state index contributed by atoms with van der Waals surface area (Å²) in [5, 5.41) is 0.579. The fraction of sp³-hybridized carbons (Fsp3) is 0. The van der Waals surface area contributed by atoms with E-state index in [1.54, 1.807) is 24.3 Å². The third-order valence-electron chi connectivity index (χ3n) is 2.40. The van der Waals surface area contributed by atoms with Gasteiger partial charge in [-0.15, -0.1) is 0 Å². The van der Waals surface area contributed by atoms with Crippen molar-refractivity contribution in [2.75, 3.05) is 0 Å². The lowest BCUT2D eigenvalue weighted by Crippen LogP contribution is -1.88. The summed E-state index contributed by atoms with van der Waals surface area (Å²) in [4.78, 5) is 10.9. The molecule has 2 aromatic carbocycles. The largest absolute Gasteiger partial charge is 0.298 e. The van der Waals surface area contributed by atoms with Gasteiger partial charge < -0.3 is 0 Å². The van der Waals surface area contributed by atoms with Crippen LogP contribution in [0.25, 0.3) is 11.1 Å². The van der Waals surface area contributed by atoms with Crippen molar-refractivity contribution >= 4 is 29.5 Å². The van der Waals surface area contributed by atoms with Gasteiger partial charge in [0.2, 0.25) is 0 Å². The Hall–Kier alpha value is -1.38. The van der Waals surface area contributed by atoms with E-state index in [1.165, 1.54) is 12.1 Å². The number of aldehydes is 1. The first-order valence-corrected chi connectivity index (χ1v) is 5.58. The van der Waals surface area contributed by atoms with Gasteiger partial charge >= 0.3 is 0 Å². The van der Waals surface area contributed by atoms with Crippen LogP contribution in [0, 0.1) is 5.82 Å². The molecule has 0 spiro atoms. The van der Waals surface area contributed by atoms with Crippen molar-refractivity contribution in [3.63, 3.8) is 0 Å². The highest BCUT2D eigenvalue weighted by atomic mass is 35.5. The highest BCUT2D eigenvalue weighted by Crippen LogP contribution is 2.33. The Labute approximate surface area is 108 Å². The molecule has 0 aromatic heterocycles. The van der Waals surface area contributed by atoms with Crippen molar-refractivity contribution in [3.05, 3.63) is 57.8 Å². The zero-order valence-corrected chi connectivity index (χ0v) is 10.1. The smallest absolute Gasteiger partial charge is 0.153 e. The van der Waals surface area contributed by atoms with Gasteiger partial charge in [-0.25, -0.2) is 4.39 Å². The van der Waals surface area contributed by atoms with Crippen molar-refractivity contribution in [1.29, 1.82) is 0 Å². The number of rotatable bonds is 2. The molecule has 0 amide bonds. The number of carbonyl (C=O) groups is 1. The monoisotopic (exact) mass is 268 g/mol. The van der Waals surface area contributed by atoms with Crippen molar-refractivity contribution in [3.8, 4) is 11.1 Å². The lowest BCUT2D eigenvalue weighted by atomic mass is 10.0. The van der Waals surface area contributed by atoms with Crippen LogP contribution in [0.1, 0.15) is 10.4 Å². The van der Waals surface area contributed by atoms with Crippen LogP contribution < -0.4 is 0 Å². The Morgan fingerprint density at radius 1 is 1.00 bits per heavy atom. The SMILES string of the molecule is O=Cc1c(Cl)ccc(-c2ccc(F)cc2)c1Cl. The second kappa shape index (κ2) is 4.86. The molecule has 0 bridgehead atoms. The zero-order chi connectivity index (χ0) is 12.4. The minimum absolute atomic E-state index is 0.246. The molecule has 0 unspecified atom stereocenters. The van der Waals surface area contributed by atoms with E-state index in [0.717, 1.165) is 5.56 Å². The second-order valence-electron chi connectivity index (χ2n) is 3.45. The topological polar surface area (TPSA) is 17.1 Å². The third-order valence-corrected chi connectivity index (χ3v) is 3.14. The third kappa shape index (κ3) is 2.33. The first-order valence-electron chi connectivity index (χ1n) is 4.82. The molecular formula is C13H7Cl2FO. The van der Waals surface area contributed by atoms with Gasteiger partial charge in [0.05, 0.1) is 15.6 Å². The number of hydrogen-bond donors (Lipinski definition) is 0. The Balaban J connectivity index is 2.60. The van der Waals surface area contributed by atoms with Gasteiger partial charge in [0.25, 0.3) is 0 Å². The normalized spacial score (nSPS) is 10.3. The average molecular weight is 269 g/mol. The molecule has 4 heteroatoms. The summed E-state index contributed by atoms with van der Waals surface area (Å²) >= 11 is 11.9. The zero-order valence-electron chi connectivity index (χ0n) is 8.58. The van der Waals surface area contributed by atoms with Crippen LogP contribution in [-0.4, -0.2) is 6.29 Å². The average Bonchev–Trinajstić information content (AvgIpc) is 2.31. The minimum Gasteiger partial charge on any atom is -0.298 e. The lowest BCUT2D eigenvalue weighted by molar-refractivity contribution is 0.112. The fourth-order valence-corrected chi connectivity index (χ4v) is 2.10.